The number of hydrogen-bond donors (Lipinski definition) is 1. The Labute approximate surface area is 118 Å². The van der Waals surface area contributed by atoms with Crippen LogP contribution in [-0.2, 0) is 14.6 Å². The van der Waals surface area contributed by atoms with E-state index in [2.05, 4.69) is 4.90 Å². The maximum atomic E-state index is 12.2. The van der Waals surface area contributed by atoms with Crippen molar-refractivity contribution < 1.29 is 13.2 Å². The third-order valence-corrected chi connectivity index (χ3v) is 5.24. The van der Waals surface area contributed by atoms with E-state index in [4.69, 9.17) is 22.1 Å². The molecule has 0 bridgehead atoms. The number of nitrogens with zero attached hydrogens (tertiary/aromatic N) is 1. The van der Waals surface area contributed by atoms with Crippen LogP contribution < -0.4 is 5.73 Å². The zero-order chi connectivity index (χ0) is 13.9. The molecule has 0 atom stereocenters. The molecule has 1 aliphatic heterocycles. The molecule has 1 saturated heterocycles. The molecule has 1 aliphatic rings. The average molecular weight is 305 g/mol. The number of sulfone groups is 1. The van der Waals surface area contributed by atoms with Gasteiger partial charge in [-0.1, -0.05) is 11.6 Å². The number of halogens is 1. The van der Waals surface area contributed by atoms with E-state index in [9.17, 15) is 8.42 Å². The Hall–Kier alpha value is -0.820. The SMILES string of the molecule is Nc1ccc(S(=O)(=O)CCN2CCOCC2)c(Cl)c1. The molecule has 0 amide bonds. The Balaban J connectivity index is 2.05. The molecule has 1 aromatic carbocycles. The fraction of sp³-hybridized carbons (Fsp3) is 0.500. The van der Waals surface area contributed by atoms with E-state index in [1.54, 1.807) is 6.07 Å². The number of morpholine rings is 1. The highest BCUT2D eigenvalue weighted by molar-refractivity contribution is 7.91. The Bertz CT molecular complexity index is 542. The number of hydrogen-bond acceptors (Lipinski definition) is 5. The Morgan fingerprint density at radius 1 is 1.32 bits per heavy atom. The lowest BCUT2D eigenvalue weighted by Gasteiger charge is -2.26. The second kappa shape index (κ2) is 6.09. The first-order valence-corrected chi connectivity index (χ1v) is 8.10. The summed E-state index contributed by atoms with van der Waals surface area (Å²) < 4.78 is 29.7. The summed E-state index contributed by atoms with van der Waals surface area (Å²) in [5, 5.41) is 0.182. The van der Waals surface area contributed by atoms with E-state index < -0.39 is 9.84 Å². The van der Waals surface area contributed by atoms with E-state index in [1.165, 1.54) is 12.1 Å². The largest absolute Gasteiger partial charge is 0.399 e. The number of ether oxygens (including phenoxy) is 1. The first-order chi connectivity index (χ1) is 8.99. The van der Waals surface area contributed by atoms with Crippen LogP contribution >= 0.6 is 11.6 Å². The summed E-state index contributed by atoms with van der Waals surface area (Å²) >= 11 is 5.94. The average Bonchev–Trinajstić information content (AvgIpc) is 2.37. The van der Waals surface area contributed by atoms with Crippen molar-refractivity contribution in [3.63, 3.8) is 0 Å². The lowest BCUT2D eigenvalue weighted by Crippen LogP contribution is -2.39. The van der Waals surface area contributed by atoms with Gasteiger partial charge in [-0.05, 0) is 18.2 Å². The zero-order valence-electron chi connectivity index (χ0n) is 10.5. The van der Waals surface area contributed by atoms with Crippen molar-refractivity contribution in [3.05, 3.63) is 23.2 Å². The lowest BCUT2D eigenvalue weighted by molar-refractivity contribution is 0.0408. The summed E-state index contributed by atoms with van der Waals surface area (Å²) in [5.74, 6) is 0.0522. The van der Waals surface area contributed by atoms with Crippen molar-refractivity contribution in [2.45, 2.75) is 4.90 Å². The minimum Gasteiger partial charge on any atom is -0.399 e. The highest BCUT2D eigenvalue weighted by Crippen LogP contribution is 2.24. The van der Waals surface area contributed by atoms with Crippen molar-refractivity contribution in [2.75, 3.05) is 44.3 Å². The molecular weight excluding hydrogens is 288 g/mol. The van der Waals surface area contributed by atoms with Crippen LogP contribution in [0.3, 0.4) is 0 Å². The Kier molecular flexibility index (Phi) is 4.67. The van der Waals surface area contributed by atoms with Gasteiger partial charge in [0, 0.05) is 25.3 Å². The van der Waals surface area contributed by atoms with Crippen LogP contribution in [0.4, 0.5) is 5.69 Å². The number of rotatable bonds is 4. The van der Waals surface area contributed by atoms with Crippen molar-refractivity contribution in [1.29, 1.82) is 0 Å². The molecule has 2 rings (SSSR count). The van der Waals surface area contributed by atoms with Crippen molar-refractivity contribution in [1.82, 2.24) is 4.90 Å². The molecule has 1 aromatic rings. The van der Waals surface area contributed by atoms with Gasteiger partial charge in [0.2, 0.25) is 0 Å². The van der Waals surface area contributed by atoms with Crippen LogP contribution in [0.25, 0.3) is 0 Å². The van der Waals surface area contributed by atoms with Gasteiger partial charge in [-0.25, -0.2) is 8.42 Å². The van der Waals surface area contributed by atoms with E-state index in [0.29, 0.717) is 25.4 Å². The standard InChI is InChI=1S/C12H17ClN2O3S/c13-11-9-10(14)1-2-12(11)19(16,17)8-5-15-3-6-18-7-4-15/h1-2,9H,3-8,14H2. The molecule has 7 heteroatoms. The van der Waals surface area contributed by atoms with Crippen LogP contribution in [0.5, 0.6) is 0 Å². The Morgan fingerprint density at radius 2 is 2.00 bits per heavy atom. The number of anilines is 1. The summed E-state index contributed by atoms with van der Waals surface area (Å²) in [4.78, 5) is 2.23. The number of nitrogen functional groups attached to an aromatic ring is 1. The quantitative estimate of drug-likeness (QED) is 0.841. The van der Waals surface area contributed by atoms with E-state index >= 15 is 0 Å². The molecule has 0 spiro atoms. The Morgan fingerprint density at radius 3 is 2.63 bits per heavy atom. The van der Waals surface area contributed by atoms with E-state index in [-0.39, 0.29) is 15.7 Å². The van der Waals surface area contributed by atoms with Gasteiger partial charge in [0.1, 0.15) is 0 Å². The van der Waals surface area contributed by atoms with Crippen LogP contribution in [0, 0.1) is 0 Å². The molecule has 1 fully saturated rings. The minimum absolute atomic E-state index is 0.0522. The topological polar surface area (TPSA) is 72.6 Å². The summed E-state index contributed by atoms with van der Waals surface area (Å²) in [5.41, 5.74) is 6.02. The van der Waals surface area contributed by atoms with Crippen molar-refractivity contribution in [2.24, 2.45) is 0 Å². The normalized spacial score (nSPS) is 17.5. The fourth-order valence-corrected chi connectivity index (χ4v) is 3.84. The molecule has 106 valence electrons. The molecule has 19 heavy (non-hydrogen) atoms. The van der Waals surface area contributed by atoms with Crippen LogP contribution in [-0.4, -0.2) is 51.9 Å². The highest BCUT2D eigenvalue weighted by atomic mass is 35.5. The molecule has 0 saturated carbocycles. The van der Waals surface area contributed by atoms with Crippen molar-refractivity contribution >= 4 is 27.1 Å². The first-order valence-electron chi connectivity index (χ1n) is 6.07. The third kappa shape index (κ3) is 3.82. The van der Waals surface area contributed by atoms with Crippen molar-refractivity contribution in [3.8, 4) is 0 Å². The van der Waals surface area contributed by atoms with Gasteiger partial charge in [0.25, 0.3) is 0 Å². The zero-order valence-corrected chi connectivity index (χ0v) is 12.1. The maximum Gasteiger partial charge on any atom is 0.181 e. The van der Waals surface area contributed by atoms with Gasteiger partial charge in [-0.15, -0.1) is 0 Å². The van der Waals surface area contributed by atoms with E-state index in [0.717, 1.165) is 13.1 Å². The second-order valence-electron chi connectivity index (χ2n) is 4.46. The number of nitrogens with two attached hydrogens (primary N) is 1. The molecule has 0 radical (unpaired) electrons. The van der Waals surface area contributed by atoms with Gasteiger partial charge in [-0.2, -0.15) is 0 Å². The number of benzene rings is 1. The van der Waals surface area contributed by atoms with Crippen LogP contribution in [0.2, 0.25) is 5.02 Å². The molecule has 1 heterocycles. The summed E-state index contributed by atoms with van der Waals surface area (Å²) in [7, 11) is -3.38. The first kappa shape index (κ1) is 14.6. The smallest absolute Gasteiger partial charge is 0.181 e. The van der Waals surface area contributed by atoms with Gasteiger partial charge in [0.05, 0.1) is 28.9 Å². The molecule has 0 aliphatic carbocycles. The maximum absolute atomic E-state index is 12.2. The molecular formula is C12H17ClN2O3S. The minimum atomic E-state index is -3.38. The summed E-state index contributed by atoms with van der Waals surface area (Å²) in [6.45, 7) is 3.34. The highest BCUT2D eigenvalue weighted by Gasteiger charge is 2.20. The van der Waals surface area contributed by atoms with Gasteiger partial charge in [-0.3, -0.25) is 4.90 Å². The predicted octanol–water partition coefficient (Wildman–Crippen LogP) is 1.03. The van der Waals surface area contributed by atoms with E-state index in [1.807, 2.05) is 0 Å². The fourth-order valence-electron chi connectivity index (χ4n) is 1.95. The lowest BCUT2D eigenvalue weighted by atomic mass is 10.3. The summed E-state index contributed by atoms with van der Waals surface area (Å²) in [6.07, 6.45) is 0. The molecule has 0 aromatic heterocycles. The van der Waals surface area contributed by atoms with Gasteiger partial charge < -0.3 is 10.5 Å². The monoisotopic (exact) mass is 304 g/mol. The third-order valence-electron chi connectivity index (χ3n) is 3.07. The molecule has 0 unspecified atom stereocenters. The van der Waals surface area contributed by atoms with Crippen LogP contribution in [0.15, 0.2) is 23.1 Å². The van der Waals surface area contributed by atoms with Gasteiger partial charge >= 0.3 is 0 Å². The molecule has 2 N–H and O–H groups in total. The second-order valence-corrected chi connectivity index (χ2v) is 6.95. The molecule has 5 nitrogen and oxygen atoms in total. The predicted molar refractivity (Wildman–Crippen MR) is 75.2 cm³/mol. The van der Waals surface area contributed by atoms with Gasteiger partial charge in [0.15, 0.2) is 9.84 Å². The summed E-state index contributed by atoms with van der Waals surface area (Å²) in [6, 6.07) is 4.48. The van der Waals surface area contributed by atoms with Crippen LogP contribution in [0.1, 0.15) is 0 Å².